The third-order valence-corrected chi connectivity index (χ3v) is 4.63. The third-order valence-electron chi connectivity index (χ3n) is 4.04. The summed E-state index contributed by atoms with van der Waals surface area (Å²) < 4.78 is 6.05. The number of alkyl halides is 2. The number of ether oxygens (including phenoxy) is 1. The first-order valence-corrected chi connectivity index (χ1v) is 8.95. The maximum absolute atomic E-state index is 11.9. The molecule has 0 aliphatic carbocycles. The Labute approximate surface area is 162 Å². The third kappa shape index (κ3) is 3.79. The highest BCUT2D eigenvalue weighted by molar-refractivity contribution is 6.47. The number of nitrogens with zero attached hydrogens (tertiary/aromatic N) is 3. The first kappa shape index (κ1) is 18.5. The molecule has 2 heterocycles. The zero-order chi connectivity index (χ0) is 18.9. The SMILES string of the molecule is CCC(=O)N(C)c1cccc(C(Cl)(Cl)Oc2ccc3nc(C)cn3c2)c1. The summed E-state index contributed by atoms with van der Waals surface area (Å²) in [4.78, 5) is 17.8. The molecule has 0 aliphatic rings. The van der Waals surface area contributed by atoms with Gasteiger partial charge in [0.05, 0.1) is 11.9 Å². The Morgan fingerprint density at radius 3 is 2.77 bits per heavy atom. The summed E-state index contributed by atoms with van der Waals surface area (Å²) in [6, 6.07) is 10.7. The van der Waals surface area contributed by atoms with Crippen molar-refractivity contribution in [3.8, 4) is 5.75 Å². The van der Waals surface area contributed by atoms with E-state index in [4.69, 9.17) is 27.9 Å². The van der Waals surface area contributed by atoms with E-state index >= 15 is 0 Å². The van der Waals surface area contributed by atoms with Gasteiger partial charge in [-0.25, -0.2) is 4.98 Å². The van der Waals surface area contributed by atoms with E-state index < -0.39 is 4.52 Å². The van der Waals surface area contributed by atoms with Gasteiger partial charge in [-0.2, -0.15) is 0 Å². The normalized spacial score (nSPS) is 11.6. The molecule has 0 N–H and O–H groups in total. The molecule has 0 spiro atoms. The summed E-state index contributed by atoms with van der Waals surface area (Å²) in [5.74, 6) is 0.502. The number of aromatic nitrogens is 2. The average molecular weight is 392 g/mol. The fourth-order valence-corrected chi connectivity index (χ4v) is 3.06. The molecule has 136 valence electrons. The van der Waals surface area contributed by atoms with Crippen molar-refractivity contribution in [3.05, 3.63) is 60.0 Å². The molecule has 1 aromatic carbocycles. The smallest absolute Gasteiger partial charge is 0.284 e. The van der Waals surface area contributed by atoms with Crippen LogP contribution in [0.25, 0.3) is 5.65 Å². The van der Waals surface area contributed by atoms with Crippen LogP contribution >= 0.6 is 23.2 Å². The molecule has 0 bridgehead atoms. The molecule has 7 heteroatoms. The van der Waals surface area contributed by atoms with Crippen LogP contribution in [0.3, 0.4) is 0 Å². The van der Waals surface area contributed by atoms with Gasteiger partial charge in [0.25, 0.3) is 4.52 Å². The fourth-order valence-electron chi connectivity index (χ4n) is 2.64. The Morgan fingerprint density at radius 2 is 2.04 bits per heavy atom. The topological polar surface area (TPSA) is 46.8 Å². The van der Waals surface area contributed by atoms with Crippen molar-refractivity contribution in [2.75, 3.05) is 11.9 Å². The Hall–Kier alpha value is -2.24. The van der Waals surface area contributed by atoms with Crippen molar-refractivity contribution in [1.82, 2.24) is 9.38 Å². The van der Waals surface area contributed by atoms with Gasteiger partial charge in [0.2, 0.25) is 5.91 Å². The lowest BCUT2D eigenvalue weighted by molar-refractivity contribution is -0.118. The standard InChI is InChI=1S/C19H19Cl2N3O2/c1-4-18(25)23(3)15-7-5-6-14(10-15)19(20,21)26-16-8-9-17-22-13(2)11-24(17)12-16/h5-12H,4H2,1-3H3. The van der Waals surface area contributed by atoms with Crippen molar-refractivity contribution >= 4 is 40.4 Å². The zero-order valence-electron chi connectivity index (χ0n) is 14.7. The number of carbonyl (C=O) groups is 1. The number of halogens is 2. The molecule has 2 aromatic heterocycles. The molecule has 0 fully saturated rings. The van der Waals surface area contributed by atoms with E-state index in [0.717, 1.165) is 11.3 Å². The van der Waals surface area contributed by atoms with E-state index in [0.29, 0.717) is 23.4 Å². The Balaban J connectivity index is 1.87. The summed E-state index contributed by atoms with van der Waals surface area (Å²) in [5, 5.41) is 0. The molecule has 1 amide bonds. The van der Waals surface area contributed by atoms with Crippen molar-refractivity contribution in [3.63, 3.8) is 0 Å². The monoisotopic (exact) mass is 391 g/mol. The van der Waals surface area contributed by atoms with Crippen LogP contribution in [0.1, 0.15) is 24.6 Å². The predicted molar refractivity (Wildman–Crippen MR) is 104 cm³/mol. The summed E-state index contributed by atoms with van der Waals surface area (Å²) in [5.41, 5.74) is 2.95. The van der Waals surface area contributed by atoms with Gasteiger partial charge >= 0.3 is 0 Å². The molecule has 0 radical (unpaired) electrons. The van der Waals surface area contributed by atoms with E-state index in [-0.39, 0.29) is 5.91 Å². The number of rotatable bonds is 5. The average Bonchev–Trinajstić information content (AvgIpc) is 2.99. The molecule has 26 heavy (non-hydrogen) atoms. The summed E-state index contributed by atoms with van der Waals surface area (Å²) in [7, 11) is 1.71. The molecular formula is C19H19Cl2N3O2. The van der Waals surface area contributed by atoms with Crippen LogP contribution in [0.5, 0.6) is 5.75 Å². The number of amides is 1. The highest BCUT2D eigenvalue weighted by Gasteiger charge is 2.30. The van der Waals surface area contributed by atoms with Gasteiger partial charge in [-0.1, -0.05) is 42.3 Å². The number of fused-ring (bicyclic) bond motifs is 1. The van der Waals surface area contributed by atoms with Gasteiger partial charge in [0.15, 0.2) is 0 Å². The van der Waals surface area contributed by atoms with Crippen LogP contribution in [0.4, 0.5) is 5.69 Å². The number of imidazole rings is 1. The van der Waals surface area contributed by atoms with Crippen molar-refractivity contribution < 1.29 is 9.53 Å². The lowest BCUT2D eigenvalue weighted by Crippen LogP contribution is -2.26. The summed E-state index contributed by atoms with van der Waals surface area (Å²) >= 11 is 12.9. The first-order chi connectivity index (χ1) is 12.3. The molecule has 0 aliphatic heterocycles. The minimum atomic E-state index is -1.60. The lowest BCUT2D eigenvalue weighted by Gasteiger charge is -2.24. The van der Waals surface area contributed by atoms with Gasteiger partial charge in [0.1, 0.15) is 11.4 Å². The number of hydrogen-bond donors (Lipinski definition) is 0. The van der Waals surface area contributed by atoms with Crippen LogP contribution in [-0.4, -0.2) is 22.3 Å². The highest BCUT2D eigenvalue weighted by atomic mass is 35.5. The Morgan fingerprint density at radius 1 is 1.27 bits per heavy atom. The quantitative estimate of drug-likeness (QED) is 0.593. The molecule has 0 saturated heterocycles. The van der Waals surface area contributed by atoms with Gasteiger partial charge in [-0.3, -0.25) is 4.79 Å². The predicted octanol–water partition coefficient (Wildman–Crippen LogP) is 4.68. The Bertz CT molecular complexity index is 953. The molecule has 0 atom stereocenters. The first-order valence-electron chi connectivity index (χ1n) is 8.19. The molecule has 3 rings (SSSR count). The number of benzene rings is 1. The molecule has 0 unspecified atom stereocenters. The van der Waals surface area contributed by atoms with Crippen LogP contribution in [0.2, 0.25) is 0 Å². The molecular weight excluding hydrogens is 373 g/mol. The summed E-state index contributed by atoms with van der Waals surface area (Å²) in [6.07, 6.45) is 4.07. The fraction of sp³-hybridized carbons (Fsp3) is 0.263. The number of hydrogen-bond acceptors (Lipinski definition) is 3. The van der Waals surface area contributed by atoms with E-state index in [1.54, 1.807) is 42.4 Å². The number of carbonyl (C=O) groups excluding carboxylic acids is 1. The molecule has 5 nitrogen and oxygen atoms in total. The number of anilines is 1. The summed E-state index contributed by atoms with van der Waals surface area (Å²) in [6.45, 7) is 3.73. The maximum Gasteiger partial charge on any atom is 0.284 e. The van der Waals surface area contributed by atoms with Gasteiger partial charge < -0.3 is 14.0 Å². The second-order valence-corrected chi connectivity index (χ2v) is 7.25. The minimum absolute atomic E-state index is 0.00116. The highest BCUT2D eigenvalue weighted by Crippen LogP contribution is 2.38. The molecule has 3 aromatic rings. The second-order valence-electron chi connectivity index (χ2n) is 5.99. The van der Waals surface area contributed by atoms with Gasteiger partial charge in [-0.15, -0.1) is 0 Å². The molecule has 0 saturated carbocycles. The lowest BCUT2D eigenvalue weighted by atomic mass is 10.2. The largest absolute Gasteiger partial charge is 0.452 e. The number of pyridine rings is 1. The van der Waals surface area contributed by atoms with E-state index in [9.17, 15) is 4.79 Å². The van der Waals surface area contributed by atoms with Crippen molar-refractivity contribution in [1.29, 1.82) is 0 Å². The van der Waals surface area contributed by atoms with Crippen molar-refractivity contribution in [2.45, 2.75) is 24.8 Å². The maximum atomic E-state index is 11.9. The van der Waals surface area contributed by atoms with Crippen molar-refractivity contribution in [2.24, 2.45) is 0 Å². The van der Waals surface area contributed by atoms with Gasteiger partial charge in [0, 0.05) is 30.9 Å². The zero-order valence-corrected chi connectivity index (χ0v) is 16.3. The van der Waals surface area contributed by atoms with Crippen LogP contribution in [0, 0.1) is 6.92 Å². The second kappa shape index (κ2) is 7.17. The van der Waals surface area contributed by atoms with E-state index in [2.05, 4.69) is 4.98 Å². The van der Waals surface area contributed by atoms with Crippen LogP contribution in [-0.2, 0) is 9.31 Å². The van der Waals surface area contributed by atoms with Gasteiger partial charge in [-0.05, 0) is 31.2 Å². The van der Waals surface area contributed by atoms with Crippen LogP contribution < -0.4 is 9.64 Å². The Kier molecular flexibility index (Phi) is 5.12. The van der Waals surface area contributed by atoms with Crippen LogP contribution in [0.15, 0.2) is 48.8 Å². The minimum Gasteiger partial charge on any atom is -0.452 e. The van der Waals surface area contributed by atoms with E-state index in [1.807, 2.05) is 36.6 Å². The number of aryl methyl sites for hydroxylation is 1. The van der Waals surface area contributed by atoms with E-state index in [1.165, 1.54) is 0 Å².